The van der Waals surface area contributed by atoms with Gasteiger partial charge >= 0.3 is 0 Å². The van der Waals surface area contributed by atoms with Crippen molar-refractivity contribution in [3.05, 3.63) is 29.8 Å². The number of benzene rings is 1. The maximum atomic E-state index is 5.78. The van der Waals surface area contributed by atoms with Crippen LogP contribution >= 0.6 is 0 Å². The molecule has 0 saturated carbocycles. The lowest BCUT2D eigenvalue weighted by molar-refractivity contribution is 0.304. The largest absolute Gasteiger partial charge is 0.494 e. The zero-order valence-corrected chi connectivity index (χ0v) is 11.5. The third kappa shape index (κ3) is 5.76. The van der Waals surface area contributed by atoms with Gasteiger partial charge in [0.25, 0.3) is 0 Å². The van der Waals surface area contributed by atoms with Crippen LogP contribution in [0.5, 0.6) is 5.75 Å². The summed E-state index contributed by atoms with van der Waals surface area (Å²) in [5, 5.41) is 0. The van der Waals surface area contributed by atoms with Crippen molar-refractivity contribution in [2.75, 3.05) is 6.61 Å². The molecule has 0 radical (unpaired) electrons. The highest BCUT2D eigenvalue weighted by molar-refractivity contribution is 5.30. The van der Waals surface area contributed by atoms with Crippen LogP contribution in [-0.4, -0.2) is 6.61 Å². The van der Waals surface area contributed by atoms with Crippen LogP contribution in [0.3, 0.4) is 0 Å². The van der Waals surface area contributed by atoms with Crippen molar-refractivity contribution >= 4 is 0 Å². The molecule has 0 heterocycles. The molecule has 0 bridgehead atoms. The molecule has 0 amide bonds. The minimum absolute atomic E-state index is 0.572. The molecule has 0 spiro atoms. The van der Waals surface area contributed by atoms with Crippen molar-refractivity contribution in [2.24, 2.45) is 0 Å². The van der Waals surface area contributed by atoms with Gasteiger partial charge in [-0.3, -0.25) is 0 Å². The first kappa shape index (κ1) is 14.1. The Hall–Kier alpha value is -0.980. The van der Waals surface area contributed by atoms with E-state index in [-0.39, 0.29) is 0 Å². The Bertz CT molecular complexity index is 304. The highest BCUT2D eigenvalue weighted by Gasteiger charge is 2.00. The van der Waals surface area contributed by atoms with Gasteiger partial charge in [0.15, 0.2) is 0 Å². The normalized spacial score (nSPS) is 10.8. The van der Waals surface area contributed by atoms with Gasteiger partial charge in [0.1, 0.15) is 5.75 Å². The molecule has 96 valence electrons. The van der Waals surface area contributed by atoms with E-state index in [0.29, 0.717) is 5.92 Å². The Kier molecular flexibility index (Phi) is 6.76. The Balaban J connectivity index is 2.24. The van der Waals surface area contributed by atoms with Crippen LogP contribution in [-0.2, 0) is 0 Å². The molecule has 1 aromatic rings. The van der Waals surface area contributed by atoms with E-state index >= 15 is 0 Å². The second kappa shape index (κ2) is 8.16. The van der Waals surface area contributed by atoms with E-state index in [4.69, 9.17) is 4.74 Å². The third-order valence-electron chi connectivity index (χ3n) is 3.04. The number of hydrogen-bond donors (Lipinski definition) is 0. The van der Waals surface area contributed by atoms with Gasteiger partial charge in [-0.05, 0) is 30.0 Å². The van der Waals surface area contributed by atoms with Gasteiger partial charge in [-0.2, -0.15) is 0 Å². The van der Waals surface area contributed by atoms with E-state index in [1.807, 2.05) is 0 Å². The summed E-state index contributed by atoms with van der Waals surface area (Å²) in [6.07, 6.45) is 6.45. The number of hydrogen-bond acceptors (Lipinski definition) is 1. The van der Waals surface area contributed by atoms with Crippen molar-refractivity contribution in [3.63, 3.8) is 0 Å². The molecule has 17 heavy (non-hydrogen) atoms. The predicted molar refractivity (Wildman–Crippen MR) is 74.8 cm³/mol. The molecule has 0 atom stereocenters. The van der Waals surface area contributed by atoms with Crippen molar-refractivity contribution < 1.29 is 4.74 Å². The molecular formula is C16H26O. The fraction of sp³-hybridized carbons (Fsp3) is 0.625. The third-order valence-corrected chi connectivity index (χ3v) is 3.04. The molecule has 1 aromatic carbocycles. The summed E-state index contributed by atoms with van der Waals surface area (Å²) in [5.74, 6) is 1.59. The molecule has 1 nitrogen and oxygen atoms in total. The molecule has 0 saturated heterocycles. The van der Waals surface area contributed by atoms with E-state index in [2.05, 4.69) is 45.0 Å². The Morgan fingerprint density at radius 1 is 1.06 bits per heavy atom. The Labute approximate surface area is 106 Å². The molecule has 0 fully saturated rings. The van der Waals surface area contributed by atoms with Gasteiger partial charge in [0.2, 0.25) is 0 Å². The quantitative estimate of drug-likeness (QED) is 0.564. The molecule has 0 N–H and O–H groups in total. The average Bonchev–Trinajstić information content (AvgIpc) is 2.34. The van der Waals surface area contributed by atoms with E-state index in [9.17, 15) is 0 Å². The number of ether oxygens (including phenoxy) is 1. The van der Waals surface area contributed by atoms with Gasteiger partial charge < -0.3 is 4.74 Å². The van der Waals surface area contributed by atoms with E-state index in [1.54, 1.807) is 0 Å². The zero-order chi connectivity index (χ0) is 12.5. The highest BCUT2D eigenvalue weighted by atomic mass is 16.5. The van der Waals surface area contributed by atoms with Gasteiger partial charge in [-0.15, -0.1) is 0 Å². The minimum Gasteiger partial charge on any atom is -0.494 e. The first-order chi connectivity index (χ1) is 8.24. The second-order valence-electron chi connectivity index (χ2n) is 4.99. The van der Waals surface area contributed by atoms with Crippen LogP contribution in [0.2, 0.25) is 0 Å². The lowest BCUT2D eigenvalue weighted by Crippen LogP contribution is -1.98. The van der Waals surface area contributed by atoms with E-state index < -0.39 is 0 Å². The average molecular weight is 234 g/mol. The molecule has 0 aliphatic rings. The minimum atomic E-state index is 0.572. The SMILES string of the molecule is CCCCCCCOc1cccc(C(C)C)c1. The summed E-state index contributed by atoms with van der Waals surface area (Å²) in [7, 11) is 0. The lowest BCUT2D eigenvalue weighted by atomic mass is 10.0. The molecule has 1 heteroatoms. The van der Waals surface area contributed by atoms with Crippen LogP contribution in [0.1, 0.15) is 64.4 Å². The van der Waals surface area contributed by atoms with Gasteiger partial charge in [0, 0.05) is 0 Å². The van der Waals surface area contributed by atoms with Crippen molar-refractivity contribution in [3.8, 4) is 5.75 Å². The van der Waals surface area contributed by atoms with Crippen LogP contribution in [0, 0.1) is 0 Å². The van der Waals surface area contributed by atoms with Crippen LogP contribution in [0.15, 0.2) is 24.3 Å². The molecular weight excluding hydrogens is 208 g/mol. The molecule has 0 unspecified atom stereocenters. The van der Waals surface area contributed by atoms with Gasteiger partial charge in [0.05, 0.1) is 6.61 Å². The molecule has 1 rings (SSSR count). The second-order valence-corrected chi connectivity index (χ2v) is 4.99. The molecule has 0 aliphatic heterocycles. The predicted octanol–water partition coefficient (Wildman–Crippen LogP) is 5.16. The van der Waals surface area contributed by atoms with Crippen LogP contribution in [0.25, 0.3) is 0 Å². The lowest BCUT2D eigenvalue weighted by Gasteiger charge is -2.09. The monoisotopic (exact) mass is 234 g/mol. The van der Waals surface area contributed by atoms with Crippen molar-refractivity contribution in [2.45, 2.75) is 58.8 Å². The summed E-state index contributed by atoms with van der Waals surface area (Å²) in [6, 6.07) is 8.47. The zero-order valence-electron chi connectivity index (χ0n) is 11.5. The first-order valence-electron chi connectivity index (χ1n) is 6.96. The molecule has 0 aromatic heterocycles. The summed E-state index contributed by atoms with van der Waals surface area (Å²) in [4.78, 5) is 0. The van der Waals surface area contributed by atoms with Crippen LogP contribution in [0.4, 0.5) is 0 Å². The van der Waals surface area contributed by atoms with Crippen molar-refractivity contribution in [1.82, 2.24) is 0 Å². The maximum absolute atomic E-state index is 5.78. The van der Waals surface area contributed by atoms with Gasteiger partial charge in [-0.1, -0.05) is 58.6 Å². The molecule has 0 aliphatic carbocycles. The summed E-state index contributed by atoms with van der Waals surface area (Å²) >= 11 is 0. The Morgan fingerprint density at radius 3 is 2.53 bits per heavy atom. The maximum Gasteiger partial charge on any atom is 0.119 e. The number of unbranched alkanes of at least 4 members (excludes halogenated alkanes) is 4. The van der Waals surface area contributed by atoms with Gasteiger partial charge in [-0.25, -0.2) is 0 Å². The smallest absolute Gasteiger partial charge is 0.119 e. The van der Waals surface area contributed by atoms with E-state index in [0.717, 1.165) is 12.4 Å². The first-order valence-corrected chi connectivity index (χ1v) is 6.96. The Morgan fingerprint density at radius 2 is 1.82 bits per heavy atom. The van der Waals surface area contributed by atoms with E-state index in [1.165, 1.54) is 37.7 Å². The fourth-order valence-corrected chi connectivity index (χ4v) is 1.86. The van der Waals surface area contributed by atoms with Crippen LogP contribution < -0.4 is 4.74 Å². The summed E-state index contributed by atoms with van der Waals surface area (Å²) in [5.41, 5.74) is 1.36. The summed E-state index contributed by atoms with van der Waals surface area (Å²) in [6.45, 7) is 7.52. The topological polar surface area (TPSA) is 9.23 Å². The highest BCUT2D eigenvalue weighted by Crippen LogP contribution is 2.20. The van der Waals surface area contributed by atoms with Crippen molar-refractivity contribution in [1.29, 1.82) is 0 Å². The summed E-state index contributed by atoms with van der Waals surface area (Å²) < 4.78 is 5.78. The standard InChI is InChI=1S/C16H26O/c1-4-5-6-7-8-12-17-16-11-9-10-15(13-16)14(2)3/h9-11,13-14H,4-8,12H2,1-3H3. The fourth-order valence-electron chi connectivity index (χ4n) is 1.86. The number of rotatable bonds is 8.